The zero-order chi connectivity index (χ0) is 14.3. The lowest BCUT2D eigenvalue weighted by Gasteiger charge is -2.07. The van der Waals surface area contributed by atoms with Crippen LogP contribution in [-0.2, 0) is 0 Å². The summed E-state index contributed by atoms with van der Waals surface area (Å²) in [4.78, 5) is 27.2. The van der Waals surface area contributed by atoms with Crippen molar-refractivity contribution in [2.45, 2.75) is 0 Å². The van der Waals surface area contributed by atoms with Crippen LogP contribution in [0.1, 0.15) is 0 Å². The summed E-state index contributed by atoms with van der Waals surface area (Å²) in [6.45, 7) is 0. The number of aromatic amines is 1. The Morgan fingerprint density at radius 2 is 1.90 bits per heavy atom. The molecule has 0 aliphatic rings. The Bertz CT molecular complexity index is 930. The first-order valence-corrected chi connectivity index (χ1v) is 6.94. The average Bonchev–Trinajstić information content (AvgIpc) is 2.38. The van der Waals surface area contributed by atoms with Gasteiger partial charge in [-0.2, -0.15) is 0 Å². The topological polar surface area (TPSA) is 54.9 Å². The molecule has 0 aliphatic heterocycles. The van der Waals surface area contributed by atoms with Crippen LogP contribution in [0.4, 0.5) is 0 Å². The van der Waals surface area contributed by atoms with E-state index in [-0.39, 0.29) is 5.56 Å². The molecule has 3 rings (SSSR count). The normalized spacial score (nSPS) is 10.9. The molecule has 4 nitrogen and oxygen atoms in total. The van der Waals surface area contributed by atoms with Crippen molar-refractivity contribution in [2.24, 2.45) is 0 Å². The van der Waals surface area contributed by atoms with Gasteiger partial charge in [0.15, 0.2) is 0 Å². The summed E-state index contributed by atoms with van der Waals surface area (Å²) in [5.74, 6) is 0. The van der Waals surface area contributed by atoms with Crippen molar-refractivity contribution in [1.82, 2.24) is 9.55 Å². The predicted octanol–water partition coefficient (Wildman–Crippen LogP) is 3.09. The van der Waals surface area contributed by atoms with E-state index >= 15 is 0 Å². The number of nitrogens with one attached hydrogen (secondary N) is 1. The number of nitrogens with zero attached hydrogens (tertiary/aromatic N) is 1. The molecule has 0 unspecified atom stereocenters. The Labute approximate surface area is 126 Å². The van der Waals surface area contributed by atoms with Crippen molar-refractivity contribution in [1.29, 1.82) is 0 Å². The highest BCUT2D eigenvalue weighted by Gasteiger charge is 2.09. The molecular formula is C14H8BrClN2O2. The third-order valence-electron chi connectivity index (χ3n) is 2.93. The largest absolute Gasteiger partial charge is 0.333 e. The lowest BCUT2D eigenvalue weighted by atomic mass is 10.2. The first-order chi connectivity index (χ1) is 9.56. The Morgan fingerprint density at radius 1 is 1.10 bits per heavy atom. The first kappa shape index (κ1) is 13.1. The molecule has 0 saturated carbocycles. The van der Waals surface area contributed by atoms with Gasteiger partial charge in [0.25, 0.3) is 5.56 Å². The Balaban J connectivity index is 2.41. The summed E-state index contributed by atoms with van der Waals surface area (Å²) in [7, 11) is 0. The molecule has 2 aromatic carbocycles. The standard InChI is InChI=1S/C14H8BrClN2O2/c15-8-2-1-3-10(6-8)18-13(19)11-5-4-9(16)7-12(11)17-14(18)20/h1-7H,(H,17,20). The maximum Gasteiger partial charge on any atom is 0.333 e. The van der Waals surface area contributed by atoms with Gasteiger partial charge in [0, 0.05) is 9.50 Å². The van der Waals surface area contributed by atoms with Crippen molar-refractivity contribution in [3.05, 3.63) is 72.8 Å². The minimum atomic E-state index is -0.497. The second-order valence-corrected chi connectivity index (χ2v) is 5.59. The number of aromatic nitrogens is 2. The Kier molecular flexibility index (Phi) is 3.23. The van der Waals surface area contributed by atoms with E-state index in [1.807, 2.05) is 6.07 Å². The molecule has 0 amide bonds. The number of hydrogen-bond acceptors (Lipinski definition) is 2. The van der Waals surface area contributed by atoms with Crippen LogP contribution in [0.3, 0.4) is 0 Å². The minimum absolute atomic E-state index is 0.376. The van der Waals surface area contributed by atoms with Crippen LogP contribution < -0.4 is 11.2 Å². The van der Waals surface area contributed by atoms with Crippen molar-refractivity contribution in [2.75, 3.05) is 0 Å². The highest BCUT2D eigenvalue weighted by molar-refractivity contribution is 9.10. The quantitative estimate of drug-likeness (QED) is 0.732. The molecule has 100 valence electrons. The highest BCUT2D eigenvalue weighted by atomic mass is 79.9. The molecule has 0 radical (unpaired) electrons. The van der Waals surface area contributed by atoms with E-state index in [2.05, 4.69) is 20.9 Å². The lowest BCUT2D eigenvalue weighted by molar-refractivity contribution is 0.900. The van der Waals surface area contributed by atoms with Gasteiger partial charge in [-0.1, -0.05) is 33.6 Å². The average molecular weight is 352 g/mol. The molecule has 0 saturated heterocycles. The molecule has 1 N–H and O–H groups in total. The molecule has 0 bridgehead atoms. The van der Waals surface area contributed by atoms with Crippen LogP contribution in [0.15, 0.2) is 56.5 Å². The van der Waals surface area contributed by atoms with Gasteiger partial charge in [-0.05, 0) is 36.4 Å². The number of halogens is 2. The number of fused-ring (bicyclic) bond motifs is 1. The van der Waals surface area contributed by atoms with Gasteiger partial charge < -0.3 is 4.98 Å². The van der Waals surface area contributed by atoms with Crippen LogP contribution in [0.2, 0.25) is 5.02 Å². The smallest absolute Gasteiger partial charge is 0.306 e. The van der Waals surface area contributed by atoms with Crippen molar-refractivity contribution in [3.8, 4) is 5.69 Å². The predicted molar refractivity (Wildman–Crippen MR) is 82.9 cm³/mol. The van der Waals surface area contributed by atoms with Gasteiger partial charge in [0.1, 0.15) is 0 Å². The molecule has 1 aromatic heterocycles. The van der Waals surface area contributed by atoms with Crippen LogP contribution >= 0.6 is 27.5 Å². The molecule has 3 aromatic rings. The first-order valence-electron chi connectivity index (χ1n) is 5.77. The van der Waals surface area contributed by atoms with Gasteiger partial charge in [-0.15, -0.1) is 0 Å². The third kappa shape index (κ3) is 2.19. The van der Waals surface area contributed by atoms with Crippen LogP contribution in [0.25, 0.3) is 16.6 Å². The van der Waals surface area contributed by atoms with Gasteiger partial charge in [0.2, 0.25) is 0 Å². The van der Waals surface area contributed by atoms with E-state index in [1.165, 1.54) is 0 Å². The molecule has 6 heteroatoms. The molecule has 0 atom stereocenters. The zero-order valence-corrected chi connectivity index (χ0v) is 12.4. The number of benzene rings is 2. The van der Waals surface area contributed by atoms with E-state index in [9.17, 15) is 9.59 Å². The highest BCUT2D eigenvalue weighted by Crippen LogP contribution is 2.16. The van der Waals surface area contributed by atoms with E-state index in [1.54, 1.807) is 36.4 Å². The number of hydrogen-bond donors (Lipinski definition) is 1. The fourth-order valence-electron chi connectivity index (χ4n) is 2.04. The van der Waals surface area contributed by atoms with Gasteiger partial charge >= 0.3 is 5.69 Å². The summed E-state index contributed by atoms with van der Waals surface area (Å²) in [6.07, 6.45) is 0. The van der Waals surface area contributed by atoms with Gasteiger partial charge in [-0.3, -0.25) is 4.79 Å². The Morgan fingerprint density at radius 3 is 2.65 bits per heavy atom. The SMILES string of the molecule is O=c1[nH]c2cc(Cl)ccc2c(=O)n1-c1cccc(Br)c1. The van der Waals surface area contributed by atoms with Gasteiger partial charge in [0.05, 0.1) is 16.6 Å². The monoisotopic (exact) mass is 350 g/mol. The maximum absolute atomic E-state index is 12.5. The summed E-state index contributed by atoms with van der Waals surface area (Å²) in [6, 6.07) is 11.8. The Hall–Kier alpha value is -1.85. The molecular weight excluding hydrogens is 344 g/mol. The zero-order valence-electron chi connectivity index (χ0n) is 10.1. The number of H-pyrrole nitrogens is 1. The third-order valence-corrected chi connectivity index (χ3v) is 3.65. The molecule has 0 spiro atoms. The van der Waals surface area contributed by atoms with Crippen LogP contribution in [0, 0.1) is 0 Å². The molecule has 0 fully saturated rings. The van der Waals surface area contributed by atoms with Crippen LogP contribution in [-0.4, -0.2) is 9.55 Å². The van der Waals surface area contributed by atoms with E-state index in [0.717, 1.165) is 9.04 Å². The molecule has 20 heavy (non-hydrogen) atoms. The summed E-state index contributed by atoms with van der Waals surface area (Å²) in [5.41, 5.74) is 0.0580. The summed E-state index contributed by atoms with van der Waals surface area (Å²) in [5, 5.41) is 0.877. The van der Waals surface area contributed by atoms with Crippen LogP contribution in [0.5, 0.6) is 0 Å². The lowest BCUT2D eigenvalue weighted by Crippen LogP contribution is -2.33. The van der Waals surface area contributed by atoms with E-state index < -0.39 is 5.69 Å². The second-order valence-electron chi connectivity index (χ2n) is 4.24. The minimum Gasteiger partial charge on any atom is -0.306 e. The number of rotatable bonds is 1. The van der Waals surface area contributed by atoms with Crippen molar-refractivity contribution >= 4 is 38.4 Å². The maximum atomic E-state index is 12.5. The second kappa shape index (κ2) is 4.92. The van der Waals surface area contributed by atoms with Gasteiger partial charge in [-0.25, -0.2) is 9.36 Å². The van der Waals surface area contributed by atoms with Crippen molar-refractivity contribution in [3.63, 3.8) is 0 Å². The summed E-state index contributed by atoms with van der Waals surface area (Å²) < 4.78 is 1.89. The molecule has 0 aliphatic carbocycles. The van der Waals surface area contributed by atoms with Crippen molar-refractivity contribution < 1.29 is 0 Å². The summed E-state index contributed by atoms with van der Waals surface area (Å²) >= 11 is 9.19. The fraction of sp³-hybridized carbons (Fsp3) is 0. The molecule has 1 heterocycles. The van der Waals surface area contributed by atoms with E-state index in [4.69, 9.17) is 11.6 Å². The fourth-order valence-corrected chi connectivity index (χ4v) is 2.60. The van der Waals surface area contributed by atoms with E-state index in [0.29, 0.717) is 21.6 Å².